The average Bonchev–Trinajstić information content (AvgIpc) is 3.08. The molecule has 1 saturated heterocycles. The Morgan fingerprint density at radius 1 is 1.52 bits per heavy atom. The number of hydrogen-bond acceptors (Lipinski definition) is 5. The smallest absolute Gasteiger partial charge is 0.311 e. The van der Waals surface area contributed by atoms with Gasteiger partial charge in [-0.25, -0.2) is 4.98 Å². The van der Waals surface area contributed by atoms with E-state index in [0.717, 1.165) is 25.9 Å². The molecule has 7 nitrogen and oxygen atoms in total. The van der Waals surface area contributed by atoms with Gasteiger partial charge >= 0.3 is 5.69 Å². The standard InChI is InChI=1S/C14H17N5O2/c1-17-9-12(8-16-17)7-11-4-6-18(10-11)14-13(19(20)21)3-2-5-15-14/h2-3,5,8-9,11H,4,6-7,10H2,1H3. The van der Waals surface area contributed by atoms with Crippen molar-refractivity contribution in [3.8, 4) is 0 Å². The van der Waals surface area contributed by atoms with Crippen LogP contribution in [0.15, 0.2) is 30.7 Å². The van der Waals surface area contributed by atoms with Crippen LogP contribution in [0.4, 0.5) is 11.5 Å². The summed E-state index contributed by atoms with van der Waals surface area (Å²) in [4.78, 5) is 16.9. The van der Waals surface area contributed by atoms with Crippen molar-refractivity contribution in [2.45, 2.75) is 12.8 Å². The van der Waals surface area contributed by atoms with Gasteiger partial charge < -0.3 is 4.90 Å². The zero-order valence-electron chi connectivity index (χ0n) is 11.8. The van der Waals surface area contributed by atoms with Gasteiger partial charge in [-0.05, 0) is 30.4 Å². The number of aromatic nitrogens is 3. The van der Waals surface area contributed by atoms with E-state index in [0.29, 0.717) is 11.7 Å². The van der Waals surface area contributed by atoms with Crippen LogP contribution in [-0.4, -0.2) is 32.8 Å². The first kappa shape index (κ1) is 13.5. The lowest BCUT2D eigenvalue weighted by atomic mass is 10.0. The Hall–Kier alpha value is -2.44. The summed E-state index contributed by atoms with van der Waals surface area (Å²) in [6.07, 6.45) is 7.47. The van der Waals surface area contributed by atoms with Crippen molar-refractivity contribution in [3.63, 3.8) is 0 Å². The number of anilines is 1. The summed E-state index contributed by atoms with van der Waals surface area (Å²) in [7, 11) is 1.90. The highest BCUT2D eigenvalue weighted by atomic mass is 16.6. The van der Waals surface area contributed by atoms with Crippen molar-refractivity contribution in [1.82, 2.24) is 14.8 Å². The van der Waals surface area contributed by atoms with Gasteiger partial charge in [0.05, 0.1) is 11.1 Å². The predicted molar refractivity (Wildman–Crippen MR) is 78.1 cm³/mol. The number of pyridine rings is 1. The third kappa shape index (κ3) is 2.86. The summed E-state index contributed by atoms with van der Waals surface area (Å²) in [5, 5.41) is 15.3. The molecule has 0 radical (unpaired) electrons. The maximum absolute atomic E-state index is 11.1. The third-order valence-corrected chi connectivity index (χ3v) is 3.83. The summed E-state index contributed by atoms with van der Waals surface area (Å²) in [6, 6.07) is 3.11. The van der Waals surface area contributed by atoms with E-state index in [2.05, 4.69) is 10.1 Å². The lowest BCUT2D eigenvalue weighted by Gasteiger charge is -2.16. The Bertz CT molecular complexity index is 654. The molecule has 3 heterocycles. The lowest BCUT2D eigenvalue weighted by Crippen LogP contribution is -2.22. The molecule has 1 unspecified atom stereocenters. The molecule has 3 rings (SSSR count). The maximum atomic E-state index is 11.1. The fourth-order valence-electron chi connectivity index (χ4n) is 2.88. The summed E-state index contributed by atoms with van der Waals surface area (Å²) < 4.78 is 1.80. The fraction of sp³-hybridized carbons (Fsp3) is 0.429. The lowest BCUT2D eigenvalue weighted by molar-refractivity contribution is -0.384. The molecule has 7 heteroatoms. The number of hydrogen-bond donors (Lipinski definition) is 0. The minimum atomic E-state index is -0.364. The molecular formula is C14H17N5O2. The number of rotatable bonds is 4. The first-order valence-electron chi connectivity index (χ1n) is 6.95. The second kappa shape index (κ2) is 5.51. The minimum absolute atomic E-state index is 0.0829. The van der Waals surface area contributed by atoms with Crippen molar-refractivity contribution in [1.29, 1.82) is 0 Å². The molecule has 1 atom stereocenters. The van der Waals surface area contributed by atoms with Gasteiger partial charge in [0.25, 0.3) is 0 Å². The molecule has 0 aliphatic carbocycles. The van der Waals surface area contributed by atoms with Crippen LogP contribution in [0.1, 0.15) is 12.0 Å². The zero-order chi connectivity index (χ0) is 14.8. The second-order valence-corrected chi connectivity index (χ2v) is 5.43. The van der Waals surface area contributed by atoms with Crippen LogP contribution < -0.4 is 4.90 Å². The number of nitrogens with zero attached hydrogens (tertiary/aromatic N) is 5. The quantitative estimate of drug-likeness (QED) is 0.633. The van der Waals surface area contributed by atoms with E-state index in [4.69, 9.17) is 0 Å². The zero-order valence-corrected chi connectivity index (χ0v) is 11.8. The first-order chi connectivity index (χ1) is 10.1. The Morgan fingerprint density at radius 2 is 2.38 bits per heavy atom. The van der Waals surface area contributed by atoms with Crippen LogP contribution in [0, 0.1) is 16.0 Å². The molecule has 0 N–H and O–H groups in total. The van der Waals surface area contributed by atoms with Crippen LogP contribution in [0.2, 0.25) is 0 Å². The predicted octanol–water partition coefficient (Wildman–Crippen LogP) is 1.79. The SMILES string of the molecule is Cn1cc(CC2CCN(c3ncccc3[N+](=O)[O-])C2)cn1. The topological polar surface area (TPSA) is 77.1 Å². The average molecular weight is 287 g/mol. The van der Waals surface area contributed by atoms with Crippen molar-refractivity contribution in [3.05, 3.63) is 46.4 Å². The highest BCUT2D eigenvalue weighted by Crippen LogP contribution is 2.30. The van der Waals surface area contributed by atoms with Gasteiger partial charge in [-0.2, -0.15) is 5.10 Å². The summed E-state index contributed by atoms with van der Waals surface area (Å²) in [5.74, 6) is 0.965. The largest absolute Gasteiger partial charge is 0.351 e. The number of nitro groups is 1. The molecule has 0 spiro atoms. The van der Waals surface area contributed by atoms with Crippen molar-refractivity contribution in [2.24, 2.45) is 13.0 Å². The third-order valence-electron chi connectivity index (χ3n) is 3.83. The van der Waals surface area contributed by atoms with E-state index < -0.39 is 0 Å². The number of aryl methyl sites for hydroxylation is 1. The van der Waals surface area contributed by atoms with E-state index in [1.54, 1.807) is 16.9 Å². The van der Waals surface area contributed by atoms with Crippen LogP contribution in [-0.2, 0) is 13.5 Å². The molecule has 1 aliphatic rings. The van der Waals surface area contributed by atoms with Gasteiger partial charge in [-0.15, -0.1) is 0 Å². The molecule has 1 aliphatic heterocycles. The highest BCUT2D eigenvalue weighted by Gasteiger charge is 2.28. The fourth-order valence-corrected chi connectivity index (χ4v) is 2.88. The monoisotopic (exact) mass is 287 g/mol. The van der Waals surface area contributed by atoms with Gasteiger partial charge in [0.15, 0.2) is 0 Å². The molecule has 110 valence electrons. The summed E-state index contributed by atoms with van der Waals surface area (Å²) >= 11 is 0. The molecular weight excluding hydrogens is 270 g/mol. The molecule has 0 bridgehead atoms. The maximum Gasteiger partial charge on any atom is 0.311 e. The Balaban J connectivity index is 1.71. The molecule has 21 heavy (non-hydrogen) atoms. The van der Waals surface area contributed by atoms with E-state index >= 15 is 0 Å². The van der Waals surface area contributed by atoms with Gasteiger partial charge in [0.2, 0.25) is 5.82 Å². The first-order valence-corrected chi connectivity index (χ1v) is 6.95. The summed E-state index contributed by atoms with van der Waals surface area (Å²) in [6.45, 7) is 1.61. The summed E-state index contributed by atoms with van der Waals surface area (Å²) in [5.41, 5.74) is 1.29. The molecule has 2 aromatic rings. The van der Waals surface area contributed by atoms with Crippen molar-refractivity contribution >= 4 is 11.5 Å². The molecule has 0 aromatic carbocycles. The van der Waals surface area contributed by atoms with Gasteiger partial charge in [-0.3, -0.25) is 14.8 Å². The van der Waals surface area contributed by atoms with Gasteiger partial charge in [0.1, 0.15) is 0 Å². The van der Waals surface area contributed by atoms with Crippen LogP contribution >= 0.6 is 0 Å². The van der Waals surface area contributed by atoms with E-state index in [-0.39, 0.29) is 10.6 Å². The van der Waals surface area contributed by atoms with Crippen molar-refractivity contribution < 1.29 is 4.92 Å². The van der Waals surface area contributed by atoms with E-state index in [1.807, 2.05) is 24.3 Å². The van der Waals surface area contributed by atoms with Gasteiger partial charge in [-0.1, -0.05) is 0 Å². The van der Waals surface area contributed by atoms with Crippen LogP contribution in [0.25, 0.3) is 0 Å². The Kier molecular flexibility index (Phi) is 3.55. The minimum Gasteiger partial charge on any atom is -0.351 e. The molecule has 2 aromatic heterocycles. The van der Waals surface area contributed by atoms with E-state index in [9.17, 15) is 10.1 Å². The van der Waals surface area contributed by atoms with Crippen LogP contribution in [0.5, 0.6) is 0 Å². The molecule has 0 amide bonds. The van der Waals surface area contributed by atoms with Crippen LogP contribution in [0.3, 0.4) is 0 Å². The molecule has 1 fully saturated rings. The van der Waals surface area contributed by atoms with Gasteiger partial charge in [0, 0.05) is 38.6 Å². The van der Waals surface area contributed by atoms with E-state index in [1.165, 1.54) is 11.6 Å². The highest BCUT2D eigenvalue weighted by molar-refractivity contribution is 5.57. The normalized spacial score (nSPS) is 18.1. The second-order valence-electron chi connectivity index (χ2n) is 5.43. The Labute approximate surface area is 122 Å². The van der Waals surface area contributed by atoms with Crippen molar-refractivity contribution in [2.75, 3.05) is 18.0 Å². The Morgan fingerprint density at radius 3 is 3.10 bits per heavy atom. The molecule has 0 saturated carbocycles.